The van der Waals surface area contributed by atoms with Crippen LogP contribution >= 0.6 is 0 Å². The molecule has 7 heteroatoms. The lowest BCUT2D eigenvalue weighted by atomic mass is 10.0. The number of unbranched alkanes of at least 4 members (excludes halogenated alkanes) is 5. The van der Waals surface area contributed by atoms with Gasteiger partial charge in [0.05, 0.1) is 5.56 Å². The highest BCUT2D eigenvalue weighted by Gasteiger charge is 2.29. The third-order valence-corrected chi connectivity index (χ3v) is 5.06. The Morgan fingerprint density at radius 3 is 1.92 bits per heavy atom. The lowest BCUT2D eigenvalue weighted by Gasteiger charge is -2.11. The van der Waals surface area contributed by atoms with Gasteiger partial charge in [0.25, 0.3) is 0 Å². The van der Waals surface area contributed by atoms with Gasteiger partial charge in [-0.15, -0.1) is 0 Å². The van der Waals surface area contributed by atoms with Crippen molar-refractivity contribution in [3.05, 3.63) is 35.4 Å². The molecular weight excluding hydrogens is 337 g/mol. The summed E-state index contributed by atoms with van der Waals surface area (Å²) in [4.78, 5) is 0. The third kappa shape index (κ3) is 8.82. The van der Waals surface area contributed by atoms with Gasteiger partial charge in [0.15, 0.2) is 0 Å². The summed E-state index contributed by atoms with van der Waals surface area (Å²) in [6.07, 6.45) is 3.05. The van der Waals surface area contributed by atoms with Gasteiger partial charge in [0.2, 0.25) is 0 Å². The van der Waals surface area contributed by atoms with Crippen LogP contribution in [-0.2, 0) is 25.9 Å². The van der Waals surface area contributed by atoms with E-state index < -0.39 is 21.3 Å². The molecule has 0 atom stereocenters. The van der Waals surface area contributed by atoms with Gasteiger partial charge >= 0.3 is 15.7 Å². The first-order valence-electron chi connectivity index (χ1n) is 8.30. The van der Waals surface area contributed by atoms with Crippen molar-refractivity contribution >= 4 is 9.53 Å². The highest BCUT2D eigenvalue weighted by molar-refractivity contribution is 6.36. The first-order valence-corrected chi connectivity index (χ1v) is 9.72. The molecule has 0 aliphatic carbocycles. The van der Waals surface area contributed by atoms with Crippen LogP contribution in [0.5, 0.6) is 0 Å². The average Bonchev–Trinajstić information content (AvgIpc) is 2.56. The van der Waals surface area contributed by atoms with Crippen molar-refractivity contribution in [1.29, 1.82) is 0 Å². The minimum absolute atomic E-state index is 0.583. The Kier molecular flexibility index (Phi) is 10.2. The van der Waals surface area contributed by atoms with Crippen molar-refractivity contribution in [2.24, 2.45) is 0 Å². The zero-order valence-electron chi connectivity index (χ0n) is 14.4. The Labute approximate surface area is 144 Å². The van der Waals surface area contributed by atoms with Crippen LogP contribution in [0.25, 0.3) is 0 Å². The van der Waals surface area contributed by atoms with E-state index in [-0.39, 0.29) is 0 Å². The average molecular weight is 364 g/mol. The molecule has 1 rings (SSSR count). The maximum atomic E-state index is 12.5. The number of alkyl halides is 3. The molecule has 138 valence electrons. The SMILES string of the molecule is CO[SiH](OC)OCCCCCCCCc1ccc(C(F)(F)F)cc1. The molecular formula is C17H27F3O3Si. The summed E-state index contributed by atoms with van der Waals surface area (Å²) in [5, 5.41) is 0. The van der Waals surface area contributed by atoms with Crippen molar-refractivity contribution in [3.63, 3.8) is 0 Å². The quantitative estimate of drug-likeness (QED) is 0.400. The van der Waals surface area contributed by atoms with Gasteiger partial charge < -0.3 is 13.3 Å². The smallest absolute Gasteiger partial charge is 0.379 e. The molecule has 0 aromatic heterocycles. The Morgan fingerprint density at radius 1 is 0.833 bits per heavy atom. The van der Waals surface area contributed by atoms with Crippen molar-refractivity contribution in [3.8, 4) is 0 Å². The minimum Gasteiger partial charge on any atom is -0.379 e. The third-order valence-electron chi connectivity index (χ3n) is 3.78. The largest absolute Gasteiger partial charge is 0.483 e. The molecule has 0 saturated heterocycles. The Morgan fingerprint density at radius 2 is 1.38 bits per heavy atom. The van der Waals surface area contributed by atoms with E-state index in [1.165, 1.54) is 0 Å². The fraction of sp³-hybridized carbons (Fsp3) is 0.647. The lowest BCUT2D eigenvalue weighted by Crippen LogP contribution is -2.24. The molecule has 0 aliphatic rings. The molecule has 0 bridgehead atoms. The maximum Gasteiger partial charge on any atom is 0.483 e. The molecule has 3 nitrogen and oxygen atoms in total. The number of aryl methyl sites for hydroxylation is 1. The standard InChI is InChI=1S/C17H27F3O3Si/c1-21-24(22-2)23-14-8-6-4-3-5-7-9-15-10-12-16(13-11-15)17(18,19)20/h10-13,24H,3-9,14H2,1-2H3. The van der Waals surface area contributed by atoms with E-state index in [2.05, 4.69) is 0 Å². The van der Waals surface area contributed by atoms with Crippen LogP contribution in [0.1, 0.15) is 49.7 Å². The molecule has 0 amide bonds. The Hall–Kier alpha value is -0.893. The molecule has 0 saturated carbocycles. The fourth-order valence-electron chi connectivity index (χ4n) is 2.41. The van der Waals surface area contributed by atoms with Crippen molar-refractivity contribution in [2.75, 3.05) is 20.8 Å². The van der Waals surface area contributed by atoms with Crippen LogP contribution < -0.4 is 0 Å². The summed E-state index contributed by atoms with van der Waals surface area (Å²) in [5.41, 5.74) is 0.382. The van der Waals surface area contributed by atoms with Crippen LogP contribution in [0.15, 0.2) is 24.3 Å². The van der Waals surface area contributed by atoms with Crippen molar-refractivity contribution in [2.45, 2.75) is 51.1 Å². The lowest BCUT2D eigenvalue weighted by molar-refractivity contribution is -0.137. The van der Waals surface area contributed by atoms with Crippen molar-refractivity contribution in [1.82, 2.24) is 0 Å². The Bertz CT molecular complexity index is 434. The molecule has 1 aromatic carbocycles. The number of hydrogen-bond acceptors (Lipinski definition) is 3. The van der Waals surface area contributed by atoms with Crippen LogP contribution in [0.2, 0.25) is 0 Å². The first kappa shape index (κ1) is 21.2. The monoisotopic (exact) mass is 364 g/mol. The van der Waals surface area contributed by atoms with E-state index in [1.807, 2.05) is 0 Å². The molecule has 0 aliphatic heterocycles. The predicted molar refractivity (Wildman–Crippen MR) is 90.0 cm³/mol. The summed E-state index contributed by atoms with van der Waals surface area (Å²) < 4.78 is 53.0. The number of halogens is 3. The summed E-state index contributed by atoms with van der Waals surface area (Å²) in [7, 11) is 1.31. The molecule has 0 unspecified atom stereocenters. The van der Waals surface area contributed by atoms with Crippen LogP contribution in [0.4, 0.5) is 13.2 Å². The number of hydrogen-bond donors (Lipinski definition) is 0. The number of rotatable bonds is 12. The normalized spacial score (nSPS) is 12.1. The first-order chi connectivity index (χ1) is 11.5. The predicted octanol–water partition coefficient (Wildman–Crippen LogP) is 4.62. The molecule has 0 heterocycles. The zero-order chi connectivity index (χ0) is 17.8. The zero-order valence-corrected chi connectivity index (χ0v) is 15.6. The topological polar surface area (TPSA) is 27.7 Å². The van der Waals surface area contributed by atoms with E-state index in [0.29, 0.717) is 6.61 Å². The second-order valence-electron chi connectivity index (χ2n) is 5.70. The summed E-state index contributed by atoms with van der Waals surface area (Å²) in [5.74, 6) is 0. The number of benzene rings is 1. The summed E-state index contributed by atoms with van der Waals surface area (Å²) in [6.45, 7) is 0.671. The van der Waals surface area contributed by atoms with Gasteiger partial charge in [-0.05, 0) is 37.0 Å². The van der Waals surface area contributed by atoms with Crippen molar-refractivity contribution < 1.29 is 26.4 Å². The second kappa shape index (κ2) is 11.6. The van der Waals surface area contributed by atoms with Crippen LogP contribution in [0.3, 0.4) is 0 Å². The Balaban J connectivity index is 2.02. The van der Waals surface area contributed by atoms with Crippen LogP contribution in [-0.4, -0.2) is 30.4 Å². The van der Waals surface area contributed by atoms with Gasteiger partial charge in [-0.3, -0.25) is 0 Å². The molecule has 0 fully saturated rings. The molecule has 0 spiro atoms. The fourth-order valence-corrected chi connectivity index (χ4v) is 3.23. The van der Waals surface area contributed by atoms with E-state index in [0.717, 1.165) is 62.6 Å². The van der Waals surface area contributed by atoms with Gasteiger partial charge in [0, 0.05) is 20.8 Å². The molecule has 24 heavy (non-hydrogen) atoms. The highest BCUT2D eigenvalue weighted by atomic mass is 28.3. The highest BCUT2D eigenvalue weighted by Crippen LogP contribution is 2.29. The molecule has 0 N–H and O–H groups in total. The molecule has 0 radical (unpaired) electrons. The minimum atomic E-state index is -4.25. The van der Waals surface area contributed by atoms with Gasteiger partial charge in [-0.1, -0.05) is 37.8 Å². The van der Waals surface area contributed by atoms with E-state index in [4.69, 9.17) is 13.3 Å². The summed E-state index contributed by atoms with van der Waals surface area (Å²) >= 11 is 0. The van der Waals surface area contributed by atoms with E-state index in [9.17, 15) is 13.2 Å². The van der Waals surface area contributed by atoms with Gasteiger partial charge in [-0.25, -0.2) is 0 Å². The summed E-state index contributed by atoms with van der Waals surface area (Å²) in [6, 6.07) is 5.47. The van der Waals surface area contributed by atoms with E-state index in [1.54, 1.807) is 26.4 Å². The maximum absolute atomic E-state index is 12.5. The molecule has 1 aromatic rings. The van der Waals surface area contributed by atoms with Gasteiger partial charge in [0.1, 0.15) is 0 Å². The van der Waals surface area contributed by atoms with Gasteiger partial charge in [-0.2, -0.15) is 13.2 Å². The van der Waals surface area contributed by atoms with E-state index >= 15 is 0 Å². The van der Waals surface area contributed by atoms with Crippen LogP contribution in [0, 0.1) is 0 Å². The second-order valence-corrected chi connectivity index (χ2v) is 7.55.